The summed E-state index contributed by atoms with van der Waals surface area (Å²) in [6, 6.07) is 0. The Morgan fingerprint density at radius 3 is 2.56 bits per heavy atom. The number of methoxy groups -OCH3 is 1. The highest BCUT2D eigenvalue weighted by Gasteiger charge is 2.55. The minimum Gasteiger partial charge on any atom is -0.464 e. The Balaban J connectivity index is 1.51. The van der Waals surface area contributed by atoms with Crippen LogP contribution in [0.5, 0.6) is 0 Å². The summed E-state index contributed by atoms with van der Waals surface area (Å²) in [5, 5.41) is 12.0. The van der Waals surface area contributed by atoms with Crippen molar-refractivity contribution in [1.29, 1.82) is 0 Å². The number of ether oxygens (including phenoxy) is 1. The molecule has 0 bridgehead atoms. The van der Waals surface area contributed by atoms with Crippen molar-refractivity contribution in [3.63, 3.8) is 0 Å². The van der Waals surface area contributed by atoms with E-state index >= 15 is 0 Å². The van der Waals surface area contributed by atoms with Crippen LogP contribution in [0.3, 0.4) is 0 Å². The highest BCUT2D eigenvalue weighted by atomic mass is 16.5. The fourth-order valence-corrected chi connectivity index (χ4v) is 6.68. The van der Waals surface area contributed by atoms with E-state index in [1.807, 2.05) is 4.90 Å². The molecule has 1 amide bonds. The molecule has 188 valence electrons. The number of aromatic nitrogens is 2. The van der Waals surface area contributed by atoms with Crippen molar-refractivity contribution in [3.05, 3.63) is 28.4 Å². The van der Waals surface area contributed by atoms with Crippen LogP contribution in [-0.2, 0) is 16.1 Å². The third-order valence-electron chi connectivity index (χ3n) is 8.68. The molecule has 0 aromatic carbocycles. The minimum absolute atomic E-state index is 0.00169. The third kappa shape index (κ3) is 4.92. The molecule has 2 unspecified atom stereocenters. The van der Waals surface area contributed by atoms with Crippen LogP contribution in [-0.4, -0.2) is 57.2 Å². The van der Waals surface area contributed by atoms with Gasteiger partial charge in [0.2, 0.25) is 5.91 Å². The summed E-state index contributed by atoms with van der Waals surface area (Å²) in [5.74, 6) is 0.229. The van der Waals surface area contributed by atoms with E-state index in [0.29, 0.717) is 25.4 Å². The summed E-state index contributed by atoms with van der Waals surface area (Å²) < 4.78 is 6.11. The molecule has 3 aliphatic rings. The molecular weight excluding hydrogens is 434 g/mol. The molecule has 4 rings (SSSR count). The van der Waals surface area contributed by atoms with Gasteiger partial charge in [-0.3, -0.25) is 9.59 Å². The van der Waals surface area contributed by atoms with E-state index in [-0.39, 0.29) is 29.6 Å². The van der Waals surface area contributed by atoms with Gasteiger partial charge in [-0.15, -0.1) is 0 Å². The second-order valence-electron chi connectivity index (χ2n) is 10.9. The van der Waals surface area contributed by atoms with Crippen molar-refractivity contribution >= 4 is 11.9 Å². The van der Waals surface area contributed by atoms with Gasteiger partial charge in [0.25, 0.3) is 5.56 Å². The zero-order valence-corrected chi connectivity index (χ0v) is 20.6. The Kier molecular flexibility index (Phi) is 7.45. The lowest BCUT2D eigenvalue weighted by atomic mass is 9.65. The maximum absolute atomic E-state index is 13.4. The molecule has 1 saturated heterocycles. The fourth-order valence-electron chi connectivity index (χ4n) is 6.68. The Morgan fingerprint density at radius 2 is 1.88 bits per heavy atom. The van der Waals surface area contributed by atoms with Gasteiger partial charge in [-0.1, -0.05) is 51.9 Å². The number of likely N-dealkylation sites (tertiary alicyclic amines) is 1. The summed E-state index contributed by atoms with van der Waals surface area (Å²) in [7, 11) is 1.27. The maximum atomic E-state index is 13.4. The summed E-state index contributed by atoms with van der Waals surface area (Å²) in [5.41, 5.74) is -1.91. The van der Waals surface area contributed by atoms with Crippen molar-refractivity contribution in [1.82, 2.24) is 14.5 Å². The number of rotatable bonds is 6. The van der Waals surface area contributed by atoms with Gasteiger partial charge >= 0.3 is 5.97 Å². The molecule has 3 fully saturated rings. The lowest BCUT2D eigenvalue weighted by molar-refractivity contribution is -0.163. The van der Waals surface area contributed by atoms with Crippen molar-refractivity contribution < 1.29 is 19.4 Å². The predicted molar refractivity (Wildman–Crippen MR) is 127 cm³/mol. The monoisotopic (exact) mass is 473 g/mol. The normalized spacial score (nSPS) is 25.9. The highest BCUT2D eigenvalue weighted by molar-refractivity contribution is 5.86. The Morgan fingerprint density at radius 1 is 1.18 bits per heavy atom. The molecule has 1 aromatic rings. The molecule has 1 aliphatic heterocycles. The molecule has 2 saturated carbocycles. The van der Waals surface area contributed by atoms with Crippen LogP contribution in [0.1, 0.15) is 88.0 Å². The molecule has 1 spiro atoms. The van der Waals surface area contributed by atoms with Crippen LogP contribution in [0.4, 0.5) is 0 Å². The van der Waals surface area contributed by atoms with Crippen molar-refractivity contribution in [2.24, 2.45) is 17.3 Å². The largest absolute Gasteiger partial charge is 0.464 e. The number of carbonyl (C=O) groups is 2. The molecule has 2 heterocycles. The first kappa shape index (κ1) is 24.9. The van der Waals surface area contributed by atoms with Gasteiger partial charge in [0.1, 0.15) is 0 Å². The number of piperidine rings is 1. The lowest BCUT2D eigenvalue weighted by Gasteiger charge is -2.52. The Hall–Kier alpha value is -2.22. The van der Waals surface area contributed by atoms with Crippen molar-refractivity contribution in [2.75, 3.05) is 20.2 Å². The number of nitrogens with zero attached hydrogens (tertiary/aromatic N) is 3. The van der Waals surface area contributed by atoms with E-state index < -0.39 is 17.0 Å². The van der Waals surface area contributed by atoms with Gasteiger partial charge < -0.3 is 19.3 Å². The number of hydrogen-bond donors (Lipinski definition) is 1. The minimum atomic E-state index is -1.13. The van der Waals surface area contributed by atoms with Crippen molar-refractivity contribution in [3.8, 4) is 0 Å². The van der Waals surface area contributed by atoms with Gasteiger partial charge in [-0.25, -0.2) is 9.78 Å². The number of hydrogen-bond acceptors (Lipinski definition) is 6. The van der Waals surface area contributed by atoms with Gasteiger partial charge in [-0.05, 0) is 31.6 Å². The zero-order chi connectivity index (χ0) is 24.3. The first-order valence-corrected chi connectivity index (χ1v) is 12.9. The van der Waals surface area contributed by atoms with Crippen LogP contribution in [0.2, 0.25) is 0 Å². The van der Waals surface area contributed by atoms with E-state index in [4.69, 9.17) is 4.74 Å². The van der Waals surface area contributed by atoms with Gasteiger partial charge in [-0.2, -0.15) is 0 Å². The molecule has 0 radical (unpaired) electrons. The number of carbonyl (C=O) groups excluding carboxylic acids is 2. The van der Waals surface area contributed by atoms with E-state index in [1.54, 1.807) is 0 Å². The van der Waals surface area contributed by atoms with E-state index in [2.05, 4.69) is 11.9 Å². The van der Waals surface area contributed by atoms with Gasteiger partial charge in [0.05, 0.1) is 25.5 Å². The molecule has 8 heteroatoms. The fraction of sp³-hybridized carbons (Fsp3) is 0.769. The average Bonchev–Trinajstić information content (AvgIpc) is 3.32. The van der Waals surface area contributed by atoms with Gasteiger partial charge in [0, 0.05) is 30.6 Å². The molecule has 34 heavy (non-hydrogen) atoms. The summed E-state index contributed by atoms with van der Waals surface area (Å²) >= 11 is 0. The number of amides is 1. The summed E-state index contributed by atoms with van der Waals surface area (Å²) in [4.78, 5) is 43.7. The van der Waals surface area contributed by atoms with E-state index in [9.17, 15) is 19.5 Å². The molecule has 1 aromatic heterocycles. The SMILES string of the molecule is COC(=O)c1cn(CC2(O)CCN(C(=O)C(C)CC3CCCCC3)CC23CCCC3)c(=O)cn1. The number of aliphatic hydroxyl groups is 1. The molecule has 8 nitrogen and oxygen atoms in total. The molecule has 2 atom stereocenters. The highest BCUT2D eigenvalue weighted by Crippen LogP contribution is 2.51. The number of esters is 1. The van der Waals surface area contributed by atoms with Crippen molar-refractivity contribution in [2.45, 2.75) is 89.7 Å². The molecular formula is C26H39N3O5. The Labute approximate surface area is 201 Å². The molecule has 2 aliphatic carbocycles. The second-order valence-corrected chi connectivity index (χ2v) is 10.9. The first-order chi connectivity index (χ1) is 16.3. The Bertz CT molecular complexity index is 948. The molecule has 1 N–H and O–H groups in total. The topological polar surface area (TPSA) is 102 Å². The van der Waals surface area contributed by atoms with E-state index in [0.717, 1.165) is 38.3 Å². The lowest BCUT2D eigenvalue weighted by Crippen LogP contribution is -2.62. The van der Waals surface area contributed by atoms with E-state index in [1.165, 1.54) is 50.0 Å². The summed E-state index contributed by atoms with van der Waals surface area (Å²) in [6.45, 7) is 3.15. The second kappa shape index (κ2) is 10.2. The van der Waals surface area contributed by atoms with Crippen LogP contribution in [0.15, 0.2) is 17.2 Å². The standard InChI is InChI=1S/C26H39N3O5/c1-19(14-20-8-4-3-5-9-20)23(31)28-13-12-26(33,25(17-28)10-6-7-11-25)18-29-16-21(24(32)34-2)27-15-22(29)30/h15-16,19-20,33H,3-14,17-18H2,1-2H3. The smallest absolute Gasteiger partial charge is 0.358 e. The average molecular weight is 474 g/mol. The van der Waals surface area contributed by atoms with Crippen LogP contribution >= 0.6 is 0 Å². The summed E-state index contributed by atoms with van der Waals surface area (Å²) in [6.07, 6.45) is 13.8. The van der Waals surface area contributed by atoms with Crippen LogP contribution < -0.4 is 5.56 Å². The first-order valence-electron chi connectivity index (χ1n) is 12.9. The maximum Gasteiger partial charge on any atom is 0.358 e. The predicted octanol–water partition coefficient (Wildman–Crippen LogP) is 3.16. The van der Waals surface area contributed by atoms with Crippen LogP contribution in [0, 0.1) is 17.3 Å². The zero-order valence-electron chi connectivity index (χ0n) is 20.6. The quantitative estimate of drug-likeness (QED) is 0.637. The van der Waals surface area contributed by atoms with Crippen LogP contribution in [0.25, 0.3) is 0 Å². The third-order valence-corrected chi connectivity index (χ3v) is 8.68. The van der Waals surface area contributed by atoms with Gasteiger partial charge in [0.15, 0.2) is 5.69 Å².